The molecule has 3 rings (SSSR count). The Bertz CT molecular complexity index is 937. The van der Waals surface area contributed by atoms with E-state index in [2.05, 4.69) is 26.2 Å². The Hall–Kier alpha value is -3.20. The quantitative estimate of drug-likeness (QED) is 0.658. The van der Waals surface area contributed by atoms with Crippen LogP contribution in [0.5, 0.6) is 0 Å². The van der Waals surface area contributed by atoms with Crippen LogP contribution in [0.3, 0.4) is 0 Å². The van der Waals surface area contributed by atoms with Crippen LogP contribution in [0.15, 0.2) is 53.7 Å². The fraction of sp³-hybridized carbons (Fsp3) is 0.167. The zero-order valence-electron chi connectivity index (χ0n) is 14.8. The van der Waals surface area contributed by atoms with Crippen LogP contribution in [0.4, 0.5) is 10.5 Å². The third-order valence-electron chi connectivity index (χ3n) is 3.71. The lowest BCUT2D eigenvalue weighted by molar-refractivity contribution is -0.117. The van der Waals surface area contributed by atoms with Gasteiger partial charge in [0.2, 0.25) is 11.1 Å². The first-order valence-electron chi connectivity index (χ1n) is 8.18. The second-order valence-corrected chi connectivity index (χ2v) is 6.71. The van der Waals surface area contributed by atoms with Gasteiger partial charge in [-0.2, -0.15) is 4.68 Å². The van der Waals surface area contributed by atoms with E-state index in [0.717, 1.165) is 28.6 Å². The molecule has 0 spiro atoms. The molecule has 0 aliphatic heterocycles. The zero-order valence-corrected chi connectivity index (χ0v) is 15.7. The van der Waals surface area contributed by atoms with Crippen molar-refractivity contribution >= 4 is 29.4 Å². The van der Waals surface area contributed by atoms with Crippen molar-refractivity contribution < 1.29 is 9.59 Å². The maximum Gasteiger partial charge on any atom is 0.325 e. The summed E-state index contributed by atoms with van der Waals surface area (Å²) in [5.41, 5.74) is 3.54. The van der Waals surface area contributed by atoms with Crippen LogP contribution in [0.2, 0.25) is 0 Å². The lowest BCUT2D eigenvalue weighted by atomic mass is 10.1. The molecule has 3 aromatic rings. The van der Waals surface area contributed by atoms with Gasteiger partial charge in [-0.1, -0.05) is 48.2 Å². The normalized spacial score (nSPS) is 10.4. The van der Waals surface area contributed by atoms with Gasteiger partial charge in [-0.3, -0.25) is 10.1 Å². The molecular formula is C18H18N6O2S. The van der Waals surface area contributed by atoms with E-state index in [0.29, 0.717) is 10.8 Å². The van der Waals surface area contributed by atoms with Crippen molar-refractivity contribution in [2.24, 2.45) is 0 Å². The van der Waals surface area contributed by atoms with Gasteiger partial charge in [0.25, 0.3) is 0 Å². The minimum Gasteiger partial charge on any atom is -0.308 e. The number of nitrogens with one attached hydrogen (secondary N) is 2. The second kappa shape index (κ2) is 8.45. The van der Waals surface area contributed by atoms with Gasteiger partial charge in [0.1, 0.15) is 0 Å². The number of tetrazole rings is 1. The molecule has 0 unspecified atom stereocenters. The topological polar surface area (TPSA) is 102 Å². The van der Waals surface area contributed by atoms with E-state index < -0.39 is 11.9 Å². The molecule has 0 fully saturated rings. The van der Waals surface area contributed by atoms with Crippen molar-refractivity contribution in [1.29, 1.82) is 0 Å². The number of aromatic nitrogens is 4. The predicted molar refractivity (Wildman–Crippen MR) is 103 cm³/mol. The van der Waals surface area contributed by atoms with Gasteiger partial charge in [0.15, 0.2) is 0 Å². The van der Waals surface area contributed by atoms with Crippen molar-refractivity contribution in [3.8, 4) is 5.69 Å². The number of anilines is 1. The number of hydrogen-bond acceptors (Lipinski definition) is 6. The highest BCUT2D eigenvalue weighted by Crippen LogP contribution is 2.23. The highest BCUT2D eigenvalue weighted by Gasteiger charge is 2.15. The molecule has 1 heterocycles. The standard InChI is InChI=1S/C18H18N6O2S/c1-12-7-6-8-13(2)16(12)24-18(21-22-23-24)27-11-15(25)20-17(26)19-14-9-4-3-5-10-14/h3-10H,11H2,1-2H3,(H2,19,20,25,26). The summed E-state index contributed by atoms with van der Waals surface area (Å²) in [6, 6.07) is 14.2. The Morgan fingerprint density at radius 2 is 1.74 bits per heavy atom. The maximum absolute atomic E-state index is 12.0. The van der Waals surface area contributed by atoms with Crippen LogP contribution in [0, 0.1) is 13.8 Å². The lowest BCUT2D eigenvalue weighted by Crippen LogP contribution is -2.35. The van der Waals surface area contributed by atoms with Crippen molar-refractivity contribution in [2.75, 3.05) is 11.1 Å². The molecule has 9 heteroatoms. The molecule has 0 aliphatic rings. The summed E-state index contributed by atoms with van der Waals surface area (Å²) < 4.78 is 1.60. The van der Waals surface area contributed by atoms with Crippen LogP contribution < -0.4 is 10.6 Å². The lowest BCUT2D eigenvalue weighted by Gasteiger charge is -2.10. The summed E-state index contributed by atoms with van der Waals surface area (Å²) in [6.45, 7) is 3.94. The number of carbonyl (C=O) groups excluding carboxylic acids is 2. The fourth-order valence-electron chi connectivity index (χ4n) is 2.53. The molecule has 2 aromatic carbocycles. The molecule has 8 nitrogen and oxygen atoms in total. The van der Waals surface area contributed by atoms with Crippen molar-refractivity contribution in [1.82, 2.24) is 25.5 Å². The van der Waals surface area contributed by atoms with Gasteiger partial charge in [0, 0.05) is 5.69 Å². The van der Waals surface area contributed by atoms with Crippen molar-refractivity contribution in [3.63, 3.8) is 0 Å². The van der Waals surface area contributed by atoms with E-state index in [4.69, 9.17) is 0 Å². The molecule has 0 saturated heterocycles. The van der Waals surface area contributed by atoms with Gasteiger partial charge in [-0.05, 0) is 47.5 Å². The summed E-state index contributed by atoms with van der Waals surface area (Å²) in [7, 11) is 0. The first kappa shape index (κ1) is 18.6. The van der Waals surface area contributed by atoms with Gasteiger partial charge < -0.3 is 5.32 Å². The Morgan fingerprint density at radius 1 is 1.04 bits per heavy atom. The summed E-state index contributed by atoms with van der Waals surface area (Å²) in [6.07, 6.45) is 0. The number of nitrogens with zero attached hydrogens (tertiary/aromatic N) is 4. The van der Waals surface area contributed by atoms with Crippen LogP contribution in [0.25, 0.3) is 5.69 Å². The minimum absolute atomic E-state index is 0.00745. The fourth-order valence-corrected chi connectivity index (χ4v) is 3.20. The molecule has 3 amide bonds. The summed E-state index contributed by atoms with van der Waals surface area (Å²) in [5, 5.41) is 17.1. The number of hydrogen-bond donors (Lipinski definition) is 2. The highest BCUT2D eigenvalue weighted by molar-refractivity contribution is 7.99. The molecule has 1 aromatic heterocycles. The summed E-state index contributed by atoms with van der Waals surface area (Å²) in [4.78, 5) is 23.9. The molecule has 0 bridgehead atoms. The molecule has 2 N–H and O–H groups in total. The Kier molecular flexibility index (Phi) is 5.82. The SMILES string of the molecule is Cc1cccc(C)c1-n1nnnc1SCC(=O)NC(=O)Nc1ccccc1. The number of thioether (sulfide) groups is 1. The van der Waals surface area contributed by atoms with Crippen molar-refractivity contribution in [3.05, 3.63) is 59.7 Å². The number of aryl methyl sites for hydroxylation is 2. The minimum atomic E-state index is -0.582. The largest absolute Gasteiger partial charge is 0.325 e. The third-order valence-corrected chi connectivity index (χ3v) is 4.63. The molecule has 0 radical (unpaired) electrons. The van der Waals surface area contributed by atoms with E-state index in [1.54, 1.807) is 28.9 Å². The molecule has 27 heavy (non-hydrogen) atoms. The Balaban J connectivity index is 1.60. The first-order valence-corrected chi connectivity index (χ1v) is 9.17. The van der Waals surface area contributed by atoms with E-state index in [9.17, 15) is 9.59 Å². The Labute approximate surface area is 160 Å². The van der Waals surface area contributed by atoms with Crippen LogP contribution >= 0.6 is 11.8 Å². The highest BCUT2D eigenvalue weighted by atomic mass is 32.2. The van der Waals surface area contributed by atoms with E-state index >= 15 is 0 Å². The third kappa shape index (κ3) is 4.70. The van der Waals surface area contributed by atoms with Gasteiger partial charge >= 0.3 is 6.03 Å². The number of carbonyl (C=O) groups is 2. The Morgan fingerprint density at radius 3 is 2.44 bits per heavy atom. The number of urea groups is 1. The number of rotatable bonds is 5. The monoisotopic (exact) mass is 382 g/mol. The molecule has 138 valence electrons. The smallest absolute Gasteiger partial charge is 0.308 e. The second-order valence-electron chi connectivity index (χ2n) is 5.77. The average Bonchev–Trinajstić information content (AvgIpc) is 3.09. The number of para-hydroxylation sites is 2. The maximum atomic E-state index is 12.0. The molecule has 0 aliphatic carbocycles. The van der Waals surface area contributed by atoms with Gasteiger partial charge in [-0.15, -0.1) is 5.10 Å². The number of benzene rings is 2. The number of imide groups is 1. The zero-order chi connectivity index (χ0) is 19.2. The molecule has 0 atom stereocenters. The summed E-state index contributed by atoms with van der Waals surface area (Å²) >= 11 is 1.16. The van der Waals surface area contributed by atoms with E-state index in [-0.39, 0.29) is 5.75 Å². The van der Waals surface area contributed by atoms with Crippen LogP contribution in [-0.4, -0.2) is 37.9 Å². The molecule has 0 saturated carbocycles. The number of amides is 3. The van der Waals surface area contributed by atoms with Gasteiger partial charge in [-0.25, -0.2) is 4.79 Å². The van der Waals surface area contributed by atoms with Gasteiger partial charge in [0.05, 0.1) is 11.4 Å². The first-order chi connectivity index (χ1) is 13.0. The predicted octanol–water partition coefficient (Wildman–Crippen LogP) is 2.72. The van der Waals surface area contributed by atoms with Crippen LogP contribution in [0.1, 0.15) is 11.1 Å². The summed E-state index contributed by atoms with van der Waals surface area (Å²) in [5.74, 6) is -0.433. The van der Waals surface area contributed by atoms with E-state index in [1.165, 1.54) is 0 Å². The van der Waals surface area contributed by atoms with E-state index in [1.807, 2.05) is 38.1 Å². The van der Waals surface area contributed by atoms with Crippen LogP contribution in [-0.2, 0) is 4.79 Å². The average molecular weight is 382 g/mol. The molecular weight excluding hydrogens is 364 g/mol. The van der Waals surface area contributed by atoms with Crippen molar-refractivity contribution in [2.45, 2.75) is 19.0 Å².